The molecule has 2 aromatic rings. The molecule has 0 aliphatic carbocycles. The van der Waals surface area contributed by atoms with E-state index in [4.69, 9.17) is 0 Å². The molecule has 0 spiro atoms. The van der Waals surface area contributed by atoms with Crippen molar-refractivity contribution in [1.82, 2.24) is 10.2 Å². The summed E-state index contributed by atoms with van der Waals surface area (Å²) in [5, 5.41) is 3.14. The average molecular weight is 430 g/mol. The molecule has 0 radical (unpaired) electrons. The van der Waals surface area contributed by atoms with Crippen molar-refractivity contribution < 1.29 is 9.59 Å². The Bertz CT molecular complexity index is 793. The fraction of sp³-hybridized carbons (Fsp3) is 0.333. The van der Waals surface area contributed by atoms with Crippen molar-refractivity contribution in [3.63, 3.8) is 0 Å². The van der Waals surface area contributed by atoms with Gasteiger partial charge in [0.2, 0.25) is 11.8 Å². The zero-order chi connectivity index (χ0) is 19.4. The predicted molar refractivity (Wildman–Crippen MR) is 110 cm³/mol. The van der Waals surface area contributed by atoms with Crippen molar-refractivity contribution >= 4 is 33.4 Å². The van der Waals surface area contributed by atoms with Crippen molar-refractivity contribution in [3.8, 4) is 0 Å². The minimum absolute atomic E-state index is 0.0126. The Kier molecular flexibility index (Phi) is 6.29. The van der Waals surface area contributed by atoms with Gasteiger partial charge in [0, 0.05) is 29.7 Å². The van der Waals surface area contributed by atoms with E-state index < -0.39 is 0 Å². The van der Waals surface area contributed by atoms with E-state index in [-0.39, 0.29) is 30.2 Å². The largest absolute Gasteiger partial charge is 0.348 e. The van der Waals surface area contributed by atoms with Gasteiger partial charge in [0.05, 0.1) is 12.0 Å². The standard InChI is InChI=1S/C21H24BrN3O2/c1-24(2)14-19(15-6-4-3-5-7-15)23-21(27)16-12-20(26)25(13-16)18-10-8-17(22)9-11-18/h3-11,16,19H,12-14H2,1-2H3,(H,23,27)/t16-,19-/m1/s1. The second-order valence-electron chi connectivity index (χ2n) is 7.12. The maximum atomic E-state index is 12.9. The number of amides is 2. The molecule has 2 atom stereocenters. The molecule has 1 aliphatic rings. The highest BCUT2D eigenvalue weighted by molar-refractivity contribution is 9.10. The molecule has 0 unspecified atom stereocenters. The number of nitrogens with zero attached hydrogens (tertiary/aromatic N) is 2. The lowest BCUT2D eigenvalue weighted by atomic mass is 10.0. The Morgan fingerprint density at radius 3 is 2.48 bits per heavy atom. The summed E-state index contributed by atoms with van der Waals surface area (Å²) in [7, 11) is 3.97. The normalized spacial score (nSPS) is 18.0. The Balaban J connectivity index is 1.69. The molecule has 142 valence electrons. The summed E-state index contributed by atoms with van der Waals surface area (Å²) in [5.41, 5.74) is 1.89. The van der Waals surface area contributed by atoms with Crippen molar-refractivity contribution in [2.45, 2.75) is 12.5 Å². The number of halogens is 1. The molecule has 2 aromatic carbocycles. The van der Waals surface area contributed by atoms with Gasteiger partial charge in [-0.2, -0.15) is 0 Å². The summed E-state index contributed by atoms with van der Waals surface area (Å²) in [6.45, 7) is 1.11. The van der Waals surface area contributed by atoms with Gasteiger partial charge in [-0.15, -0.1) is 0 Å². The second-order valence-corrected chi connectivity index (χ2v) is 8.03. The van der Waals surface area contributed by atoms with Gasteiger partial charge in [-0.25, -0.2) is 0 Å². The summed E-state index contributed by atoms with van der Waals surface area (Å²) in [5.74, 6) is -0.422. The number of carbonyl (C=O) groups excluding carboxylic acids is 2. The molecule has 3 rings (SSSR count). The number of anilines is 1. The van der Waals surface area contributed by atoms with Crippen LogP contribution < -0.4 is 10.2 Å². The molecule has 6 heteroatoms. The van der Waals surface area contributed by atoms with Crippen molar-refractivity contribution in [1.29, 1.82) is 0 Å². The number of likely N-dealkylation sites (N-methyl/N-ethyl adjacent to an activating group) is 1. The van der Waals surface area contributed by atoms with E-state index >= 15 is 0 Å². The van der Waals surface area contributed by atoms with E-state index in [9.17, 15) is 9.59 Å². The Morgan fingerprint density at radius 2 is 1.85 bits per heavy atom. The van der Waals surface area contributed by atoms with Gasteiger partial charge in [0.25, 0.3) is 0 Å². The van der Waals surface area contributed by atoms with E-state index in [0.29, 0.717) is 13.1 Å². The summed E-state index contributed by atoms with van der Waals surface area (Å²) in [6, 6.07) is 17.4. The summed E-state index contributed by atoms with van der Waals surface area (Å²) in [6.07, 6.45) is 0.241. The summed E-state index contributed by atoms with van der Waals surface area (Å²) in [4.78, 5) is 29.0. The number of benzene rings is 2. The van der Waals surface area contributed by atoms with Crippen molar-refractivity contribution in [3.05, 3.63) is 64.6 Å². The third kappa shape index (κ3) is 4.96. The summed E-state index contributed by atoms with van der Waals surface area (Å²) >= 11 is 3.40. The Morgan fingerprint density at radius 1 is 1.19 bits per heavy atom. The highest BCUT2D eigenvalue weighted by Crippen LogP contribution is 2.27. The maximum absolute atomic E-state index is 12.9. The van der Waals surface area contributed by atoms with Crippen LogP contribution in [0, 0.1) is 5.92 Å². The van der Waals surface area contributed by atoms with Crippen LogP contribution in [0.5, 0.6) is 0 Å². The number of hydrogen-bond acceptors (Lipinski definition) is 3. The minimum Gasteiger partial charge on any atom is -0.348 e. The first kappa shape index (κ1) is 19.6. The number of nitrogens with one attached hydrogen (secondary N) is 1. The molecular formula is C21H24BrN3O2. The molecule has 2 amide bonds. The smallest absolute Gasteiger partial charge is 0.227 e. The summed E-state index contributed by atoms with van der Waals surface area (Å²) < 4.78 is 0.960. The maximum Gasteiger partial charge on any atom is 0.227 e. The number of hydrogen-bond donors (Lipinski definition) is 1. The third-order valence-corrected chi connectivity index (χ3v) is 5.23. The van der Waals surface area contributed by atoms with Gasteiger partial charge in [-0.1, -0.05) is 46.3 Å². The van der Waals surface area contributed by atoms with Crippen LogP contribution in [0.4, 0.5) is 5.69 Å². The van der Waals surface area contributed by atoms with E-state index in [0.717, 1.165) is 15.7 Å². The zero-order valence-corrected chi connectivity index (χ0v) is 17.1. The lowest BCUT2D eigenvalue weighted by molar-refractivity contribution is -0.127. The Hall–Kier alpha value is -2.18. The lowest BCUT2D eigenvalue weighted by Gasteiger charge is -2.24. The lowest BCUT2D eigenvalue weighted by Crippen LogP contribution is -2.39. The third-order valence-electron chi connectivity index (χ3n) is 4.70. The van der Waals surface area contributed by atoms with Crippen LogP contribution in [0.3, 0.4) is 0 Å². The first-order chi connectivity index (χ1) is 12.9. The molecule has 1 heterocycles. The SMILES string of the molecule is CN(C)C[C@@H](NC(=O)[C@@H]1CC(=O)N(c2ccc(Br)cc2)C1)c1ccccc1. The van der Waals surface area contributed by atoms with Crippen LogP contribution in [0.1, 0.15) is 18.0 Å². The fourth-order valence-electron chi connectivity index (χ4n) is 3.33. The van der Waals surface area contributed by atoms with Crippen LogP contribution in [0.2, 0.25) is 0 Å². The van der Waals surface area contributed by atoms with Gasteiger partial charge in [0.1, 0.15) is 0 Å². The average Bonchev–Trinajstić information content (AvgIpc) is 3.04. The van der Waals surface area contributed by atoms with Crippen LogP contribution >= 0.6 is 15.9 Å². The first-order valence-corrected chi connectivity index (χ1v) is 9.79. The zero-order valence-electron chi connectivity index (χ0n) is 15.6. The quantitative estimate of drug-likeness (QED) is 0.766. The molecule has 1 fully saturated rings. The van der Waals surface area contributed by atoms with E-state index in [1.54, 1.807) is 4.90 Å². The molecule has 5 nitrogen and oxygen atoms in total. The van der Waals surface area contributed by atoms with Crippen LogP contribution in [0.15, 0.2) is 59.1 Å². The monoisotopic (exact) mass is 429 g/mol. The molecule has 0 aromatic heterocycles. The molecule has 0 bridgehead atoms. The van der Waals surface area contributed by atoms with Gasteiger partial charge in [-0.3, -0.25) is 9.59 Å². The Labute approximate surface area is 168 Å². The van der Waals surface area contributed by atoms with Gasteiger partial charge in [-0.05, 0) is 43.9 Å². The molecular weight excluding hydrogens is 406 g/mol. The number of rotatable bonds is 6. The topological polar surface area (TPSA) is 52.7 Å². The highest BCUT2D eigenvalue weighted by Gasteiger charge is 2.36. The molecule has 27 heavy (non-hydrogen) atoms. The fourth-order valence-corrected chi connectivity index (χ4v) is 3.59. The molecule has 1 aliphatic heterocycles. The minimum atomic E-state index is -0.338. The van der Waals surface area contributed by atoms with Gasteiger partial charge >= 0.3 is 0 Å². The van der Waals surface area contributed by atoms with Crippen molar-refractivity contribution in [2.75, 3.05) is 32.1 Å². The first-order valence-electron chi connectivity index (χ1n) is 9.00. The van der Waals surface area contributed by atoms with Gasteiger partial charge < -0.3 is 15.1 Å². The molecule has 0 saturated carbocycles. The predicted octanol–water partition coefficient (Wildman–Crippen LogP) is 3.22. The van der Waals surface area contributed by atoms with E-state index in [2.05, 4.69) is 21.2 Å². The molecule has 1 saturated heterocycles. The molecule has 1 N–H and O–H groups in total. The van der Waals surface area contributed by atoms with E-state index in [1.807, 2.05) is 73.6 Å². The van der Waals surface area contributed by atoms with Gasteiger partial charge in [0.15, 0.2) is 0 Å². The van der Waals surface area contributed by atoms with Crippen molar-refractivity contribution in [2.24, 2.45) is 5.92 Å². The number of carbonyl (C=O) groups is 2. The van der Waals surface area contributed by atoms with Crippen LogP contribution in [-0.2, 0) is 9.59 Å². The van der Waals surface area contributed by atoms with Crippen LogP contribution in [-0.4, -0.2) is 43.9 Å². The highest BCUT2D eigenvalue weighted by atomic mass is 79.9. The van der Waals surface area contributed by atoms with E-state index in [1.165, 1.54) is 0 Å². The van der Waals surface area contributed by atoms with Crippen LogP contribution in [0.25, 0.3) is 0 Å². The second kappa shape index (κ2) is 8.67.